The Morgan fingerprint density at radius 3 is 2.43 bits per heavy atom. The number of anilines is 1. The van der Waals surface area contributed by atoms with E-state index in [9.17, 15) is 14.7 Å². The predicted octanol–water partition coefficient (Wildman–Crippen LogP) is 3.45. The van der Waals surface area contributed by atoms with Crippen molar-refractivity contribution in [1.82, 2.24) is 4.98 Å². The van der Waals surface area contributed by atoms with Crippen molar-refractivity contribution in [3.63, 3.8) is 0 Å². The van der Waals surface area contributed by atoms with Gasteiger partial charge in [0.05, 0.1) is 5.52 Å². The van der Waals surface area contributed by atoms with Gasteiger partial charge in [0.25, 0.3) is 0 Å². The number of pyridine rings is 1. The van der Waals surface area contributed by atoms with Crippen LogP contribution in [0.4, 0.5) is 10.6 Å². The number of carboxylic acid groups (broad SMARTS) is 1. The van der Waals surface area contributed by atoms with E-state index in [0.29, 0.717) is 5.52 Å². The molecule has 0 aliphatic heterocycles. The number of carbonyl (C=O) groups is 2. The highest BCUT2D eigenvalue weighted by Gasteiger charge is 2.32. The number of aromatic nitrogens is 1. The van der Waals surface area contributed by atoms with E-state index in [2.05, 4.69) is 4.98 Å². The van der Waals surface area contributed by atoms with Crippen LogP contribution in [-0.4, -0.2) is 33.8 Å². The summed E-state index contributed by atoms with van der Waals surface area (Å²) in [6.07, 6.45) is -0.741. The monoisotopic (exact) mass is 316 g/mol. The highest BCUT2D eigenvalue weighted by molar-refractivity contribution is 5.95. The van der Waals surface area contributed by atoms with Gasteiger partial charge in [-0.25, -0.2) is 19.5 Å². The van der Waals surface area contributed by atoms with Crippen molar-refractivity contribution in [2.75, 3.05) is 4.90 Å². The lowest BCUT2D eigenvalue weighted by atomic mass is 10.2. The average Bonchev–Trinajstić information content (AvgIpc) is 2.45. The first-order valence-electron chi connectivity index (χ1n) is 7.30. The summed E-state index contributed by atoms with van der Waals surface area (Å²) in [5.41, 5.74) is -0.0548. The number of carboxylic acids is 1. The lowest BCUT2D eigenvalue weighted by molar-refractivity contribution is -0.138. The molecule has 0 unspecified atom stereocenters. The van der Waals surface area contributed by atoms with Crippen LogP contribution in [0.25, 0.3) is 10.9 Å². The van der Waals surface area contributed by atoms with Crippen LogP contribution in [0.1, 0.15) is 27.7 Å². The van der Waals surface area contributed by atoms with Crippen molar-refractivity contribution in [1.29, 1.82) is 0 Å². The Kier molecular flexibility index (Phi) is 4.54. The molecule has 0 spiro atoms. The molecule has 0 aliphatic carbocycles. The minimum absolute atomic E-state index is 0.243. The van der Waals surface area contributed by atoms with Gasteiger partial charge in [-0.3, -0.25) is 0 Å². The number of nitrogens with zero attached hydrogens (tertiary/aromatic N) is 2. The molecular formula is C17H20N2O4. The smallest absolute Gasteiger partial charge is 0.416 e. The third kappa shape index (κ3) is 3.97. The van der Waals surface area contributed by atoms with Crippen LogP contribution in [0.5, 0.6) is 0 Å². The van der Waals surface area contributed by atoms with Crippen LogP contribution >= 0.6 is 0 Å². The van der Waals surface area contributed by atoms with Crippen LogP contribution in [0.15, 0.2) is 36.4 Å². The average molecular weight is 316 g/mol. The zero-order chi connectivity index (χ0) is 17.2. The zero-order valence-corrected chi connectivity index (χ0v) is 13.6. The summed E-state index contributed by atoms with van der Waals surface area (Å²) in [5.74, 6) is -0.890. The van der Waals surface area contributed by atoms with Crippen LogP contribution in [0.3, 0.4) is 0 Å². The van der Waals surface area contributed by atoms with Gasteiger partial charge in [-0.05, 0) is 45.9 Å². The van der Waals surface area contributed by atoms with Gasteiger partial charge in [0.15, 0.2) is 0 Å². The normalized spacial score (nSPS) is 12.7. The molecular weight excluding hydrogens is 296 g/mol. The number of para-hydroxylation sites is 1. The first-order chi connectivity index (χ1) is 10.7. The zero-order valence-electron chi connectivity index (χ0n) is 13.6. The van der Waals surface area contributed by atoms with Crippen molar-refractivity contribution in [3.05, 3.63) is 36.4 Å². The number of fused-ring (bicyclic) bond motifs is 1. The summed E-state index contributed by atoms with van der Waals surface area (Å²) in [7, 11) is 0. The summed E-state index contributed by atoms with van der Waals surface area (Å²) >= 11 is 0. The van der Waals surface area contributed by atoms with Gasteiger partial charge in [-0.1, -0.05) is 18.2 Å². The quantitative estimate of drug-likeness (QED) is 0.938. The number of benzene rings is 1. The lowest BCUT2D eigenvalue weighted by Gasteiger charge is -2.29. The SMILES string of the molecule is C[C@@H](C(=O)O)N(C(=O)OC(C)(C)C)c1ccc2ccccc2n1. The van der Waals surface area contributed by atoms with Crippen LogP contribution < -0.4 is 4.90 Å². The fourth-order valence-electron chi connectivity index (χ4n) is 2.06. The Morgan fingerprint density at radius 1 is 1.17 bits per heavy atom. The Morgan fingerprint density at radius 2 is 1.83 bits per heavy atom. The summed E-state index contributed by atoms with van der Waals surface area (Å²) < 4.78 is 5.32. The Balaban J connectivity index is 2.46. The van der Waals surface area contributed by atoms with Crippen LogP contribution in [0.2, 0.25) is 0 Å². The van der Waals surface area contributed by atoms with Gasteiger partial charge >= 0.3 is 12.1 Å². The second kappa shape index (κ2) is 6.24. The lowest BCUT2D eigenvalue weighted by Crippen LogP contribution is -2.46. The van der Waals surface area contributed by atoms with Crippen molar-refractivity contribution in [2.45, 2.75) is 39.3 Å². The fourth-order valence-corrected chi connectivity index (χ4v) is 2.06. The number of amides is 1. The minimum atomic E-state index is -1.13. The second-order valence-corrected chi connectivity index (χ2v) is 6.23. The fraction of sp³-hybridized carbons (Fsp3) is 0.353. The molecule has 0 aliphatic rings. The minimum Gasteiger partial charge on any atom is -0.480 e. The first kappa shape index (κ1) is 16.7. The number of ether oxygens (including phenoxy) is 1. The molecule has 1 amide bonds. The molecule has 2 rings (SSSR count). The molecule has 0 bridgehead atoms. The number of rotatable bonds is 3. The molecule has 23 heavy (non-hydrogen) atoms. The molecule has 1 aromatic carbocycles. The molecule has 0 fully saturated rings. The third-order valence-corrected chi connectivity index (χ3v) is 3.17. The van der Waals surface area contributed by atoms with Gasteiger partial charge in [-0.2, -0.15) is 0 Å². The molecule has 1 atom stereocenters. The van der Waals surface area contributed by atoms with E-state index in [-0.39, 0.29) is 5.82 Å². The number of aliphatic carboxylic acids is 1. The largest absolute Gasteiger partial charge is 0.480 e. The van der Waals surface area contributed by atoms with Crippen molar-refractivity contribution < 1.29 is 19.4 Å². The van der Waals surface area contributed by atoms with Gasteiger partial charge in [0.2, 0.25) is 0 Å². The molecule has 1 aromatic heterocycles. The van der Waals surface area contributed by atoms with E-state index in [1.165, 1.54) is 6.92 Å². The van der Waals surface area contributed by atoms with Gasteiger partial charge in [-0.15, -0.1) is 0 Å². The topological polar surface area (TPSA) is 79.7 Å². The predicted molar refractivity (Wildman–Crippen MR) is 87.6 cm³/mol. The van der Waals surface area contributed by atoms with Crippen molar-refractivity contribution in [2.24, 2.45) is 0 Å². The van der Waals surface area contributed by atoms with Gasteiger partial charge < -0.3 is 9.84 Å². The highest BCUT2D eigenvalue weighted by Crippen LogP contribution is 2.22. The molecule has 1 heterocycles. The van der Waals surface area contributed by atoms with E-state index in [1.54, 1.807) is 39.0 Å². The highest BCUT2D eigenvalue weighted by atomic mass is 16.6. The van der Waals surface area contributed by atoms with Crippen molar-refractivity contribution in [3.8, 4) is 0 Å². The number of hydrogen-bond donors (Lipinski definition) is 1. The molecule has 1 N–H and O–H groups in total. The van der Waals surface area contributed by atoms with E-state index in [4.69, 9.17) is 4.74 Å². The maximum Gasteiger partial charge on any atom is 0.416 e. The summed E-state index contributed by atoms with van der Waals surface area (Å²) in [4.78, 5) is 29.3. The first-order valence-corrected chi connectivity index (χ1v) is 7.30. The Hall–Kier alpha value is -2.63. The molecule has 0 saturated carbocycles. The second-order valence-electron chi connectivity index (χ2n) is 6.23. The Labute approximate surface area is 134 Å². The third-order valence-electron chi connectivity index (χ3n) is 3.17. The molecule has 0 radical (unpaired) electrons. The van der Waals surface area contributed by atoms with Crippen LogP contribution in [0, 0.1) is 0 Å². The maximum atomic E-state index is 12.4. The van der Waals surface area contributed by atoms with E-state index in [1.807, 2.05) is 18.2 Å². The van der Waals surface area contributed by atoms with E-state index < -0.39 is 23.7 Å². The summed E-state index contributed by atoms with van der Waals surface area (Å²) in [6, 6.07) is 9.72. The van der Waals surface area contributed by atoms with Crippen molar-refractivity contribution >= 4 is 28.8 Å². The van der Waals surface area contributed by atoms with Gasteiger partial charge in [0.1, 0.15) is 17.5 Å². The Bertz CT molecular complexity index is 737. The summed E-state index contributed by atoms with van der Waals surface area (Å²) in [6.45, 7) is 6.59. The molecule has 6 nitrogen and oxygen atoms in total. The molecule has 0 saturated heterocycles. The van der Waals surface area contributed by atoms with Gasteiger partial charge in [0, 0.05) is 5.39 Å². The molecule has 2 aromatic rings. The molecule has 6 heteroatoms. The van der Waals surface area contributed by atoms with E-state index >= 15 is 0 Å². The standard InChI is InChI=1S/C17H20N2O4/c1-11(15(20)21)19(16(22)23-17(2,3)4)14-10-9-12-7-5-6-8-13(12)18-14/h5-11H,1-4H3,(H,20,21)/t11-/m0/s1. The van der Waals surface area contributed by atoms with Crippen LogP contribution in [-0.2, 0) is 9.53 Å². The maximum absolute atomic E-state index is 12.4. The summed E-state index contributed by atoms with van der Waals surface area (Å²) in [5, 5.41) is 10.2. The number of hydrogen-bond acceptors (Lipinski definition) is 4. The molecule has 122 valence electrons. The number of carbonyl (C=O) groups excluding carboxylic acids is 1. The van der Waals surface area contributed by atoms with E-state index in [0.717, 1.165) is 10.3 Å².